The van der Waals surface area contributed by atoms with Crippen molar-refractivity contribution >= 4 is 11.3 Å². The summed E-state index contributed by atoms with van der Waals surface area (Å²) in [4.78, 5) is 2.84. The quantitative estimate of drug-likeness (QED) is 0.136. The summed E-state index contributed by atoms with van der Waals surface area (Å²) in [6.07, 6.45) is -2.53. The Morgan fingerprint density at radius 3 is 2.06 bits per heavy atom. The van der Waals surface area contributed by atoms with E-state index in [9.17, 15) is 0 Å². The SMILES string of the molecule is Cc1ccc([C@@H]2O[C@H](COCc3ccccc3)[C@@H](F)[C@H](OCc3ccccc3)[C@H]2OCc2ccccc2)cc1Cc1cc2c(s1)CCNC2. The van der Waals surface area contributed by atoms with Crippen LogP contribution in [0.2, 0.25) is 0 Å². The number of benzene rings is 4. The summed E-state index contributed by atoms with van der Waals surface area (Å²) in [5.41, 5.74) is 7.82. The highest BCUT2D eigenvalue weighted by atomic mass is 32.1. The fraction of sp³-hybridized carbons (Fsp3) is 0.333. The number of hydrogen-bond acceptors (Lipinski definition) is 6. The Labute approximate surface area is 293 Å². The van der Waals surface area contributed by atoms with E-state index in [4.69, 9.17) is 18.9 Å². The van der Waals surface area contributed by atoms with Crippen molar-refractivity contribution in [1.82, 2.24) is 5.32 Å². The summed E-state index contributed by atoms with van der Waals surface area (Å²) in [6, 6.07) is 38.6. The third-order valence-corrected chi connectivity index (χ3v) is 10.7. The molecule has 4 aromatic carbocycles. The first-order valence-electron chi connectivity index (χ1n) is 17.2. The van der Waals surface area contributed by atoms with Crippen LogP contribution in [0.3, 0.4) is 0 Å². The molecule has 0 bridgehead atoms. The zero-order valence-electron chi connectivity index (χ0n) is 27.9. The van der Waals surface area contributed by atoms with Gasteiger partial charge in [-0.25, -0.2) is 4.39 Å². The van der Waals surface area contributed by atoms with Crippen LogP contribution < -0.4 is 5.32 Å². The number of rotatable bonds is 13. The zero-order valence-corrected chi connectivity index (χ0v) is 28.7. The largest absolute Gasteiger partial charge is 0.374 e. The van der Waals surface area contributed by atoms with Crippen molar-refractivity contribution in [3.8, 4) is 0 Å². The van der Waals surface area contributed by atoms with Crippen LogP contribution in [0.1, 0.15) is 54.8 Å². The minimum atomic E-state index is -1.47. The Hall–Kier alpha value is -3.69. The number of fused-ring (bicyclic) bond motifs is 1. The molecule has 0 unspecified atom stereocenters. The summed E-state index contributed by atoms with van der Waals surface area (Å²) in [5.74, 6) is 0. The maximum absolute atomic E-state index is 16.7. The number of hydrogen-bond donors (Lipinski definition) is 1. The molecule has 0 aliphatic carbocycles. The first kappa shape index (κ1) is 33.8. The van der Waals surface area contributed by atoms with Crippen molar-refractivity contribution in [2.75, 3.05) is 13.2 Å². The second kappa shape index (κ2) is 16.3. The second-order valence-corrected chi connectivity index (χ2v) is 14.2. The number of aryl methyl sites for hydroxylation is 1. The summed E-state index contributed by atoms with van der Waals surface area (Å²) in [5, 5.41) is 3.49. The Morgan fingerprint density at radius 1 is 0.776 bits per heavy atom. The fourth-order valence-corrected chi connectivity index (χ4v) is 7.93. The van der Waals surface area contributed by atoms with Gasteiger partial charge in [0.1, 0.15) is 24.4 Å². The van der Waals surface area contributed by atoms with Crippen LogP contribution in [0, 0.1) is 6.92 Å². The van der Waals surface area contributed by atoms with Crippen molar-refractivity contribution in [1.29, 1.82) is 0 Å². The molecule has 5 nitrogen and oxygen atoms in total. The van der Waals surface area contributed by atoms with E-state index >= 15 is 4.39 Å². The molecular weight excluding hydrogens is 634 g/mol. The molecule has 1 fully saturated rings. The van der Waals surface area contributed by atoms with Gasteiger partial charge < -0.3 is 24.3 Å². The average molecular weight is 678 g/mol. The maximum atomic E-state index is 16.7. The summed E-state index contributed by atoms with van der Waals surface area (Å²) < 4.78 is 42.7. The Morgan fingerprint density at radius 2 is 1.41 bits per heavy atom. The van der Waals surface area contributed by atoms with Gasteiger partial charge in [-0.15, -0.1) is 11.3 Å². The molecule has 2 aliphatic heterocycles. The van der Waals surface area contributed by atoms with Gasteiger partial charge in [0.15, 0.2) is 6.17 Å². The number of ether oxygens (including phenoxy) is 4. The molecule has 0 amide bonds. The van der Waals surface area contributed by atoms with Gasteiger partial charge in [-0.1, -0.05) is 109 Å². The molecule has 0 saturated carbocycles. The molecule has 49 heavy (non-hydrogen) atoms. The van der Waals surface area contributed by atoms with E-state index in [1.807, 2.05) is 102 Å². The molecule has 0 spiro atoms. The van der Waals surface area contributed by atoms with Crippen LogP contribution >= 0.6 is 11.3 Å². The fourth-order valence-electron chi connectivity index (χ4n) is 6.72. The van der Waals surface area contributed by atoms with E-state index in [0.29, 0.717) is 13.2 Å². The monoisotopic (exact) mass is 677 g/mol. The molecule has 5 atom stereocenters. The number of halogens is 1. The predicted octanol–water partition coefficient (Wildman–Crippen LogP) is 8.46. The lowest BCUT2D eigenvalue weighted by Gasteiger charge is -2.44. The standard InChI is InChI=1S/C42H44FNO4S/c1-29-17-18-33(21-34(29)22-36-23-35-24-44-20-19-38(35)49-36)40-42(47-27-32-15-9-4-10-16-32)41(46-26-31-13-7-3-8-14-31)39(43)37(48-40)28-45-25-30-11-5-2-6-12-30/h2-18,21,23,37,39-42,44H,19-20,22,24-28H2,1H3/t37-,39-,40+,41+,42+/m1/s1. The molecule has 5 aromatic rings. The minimum absolute atomic E-state index is 0.0939. The van der Waals surface area contributed by atoms with Gasteiger partial charge in [0.05, 0.1) is 26.4 Å². The van der Waals surface area contributed by atoms with Crippen molar-refractivity contribution in [2.24, 2.45) is 0 Å². The molecule has 2 aliphatic rings. The highest BCUT2D eigenvalue weighted by Crippen LogP contribution is 2.39. The van der Waals surface area contributed by atoms with Gasteiger partial charge in [-0.3, -0.25) is 0 Å². The van der Waals surface area contributed by atoms with Gasteiger partial charge in [0.25, 0.3) is 0 Å². The smallest absolute Gasteiger partial charge is 0.157 e. The van der Waals surface area contributed by atoms with Gasteiger partial charge >= 0.3 is 0 Å². The van der Waals surface area contributed by atoms with Crippen LogP contribution in [-0.4, -0.2) is 37.6 Å². The van der Waals surface area contributed by atoms with Crippen LogP contribution in [0.25, 0.3) is 0 Å². The zero-order chi connectivity index (χ0) is 33.4. The summed E-state index contributed by atoms with van der Waals surface area (Å²) in [7, 11) is 0. The Balaban J connectivity index is 1.19. The van der Waals surface area contributed by atoms with Gasteiger partial charge in [0, 0.05) is 29.3 Å². The lowest BCUT2D eigenvalue weighted by atomic mass is 9.89. The van der Waals surface area contributed by atoms with E-state index in [1.54, 1.807) is 0 Å². The second-order valence-electron chi connectivity index (χ2n) is 13.0. The minimum Gasteiger partial charge on any atom is -0.374 e. The molecule has 1 saturated heterocycles. The number of nitrogens with one attached hydrogen (secondary N) is 1. The first-order valence-corrected chi connectivity index (χ1v) is 18.1. The lowest BCUT2D eigenvalue weighted by Crippen LogP contribution is -2.55. The van der Waals surface area contributed by atoms with Crippen molar-refractivity contribution in [2.45, 2.75) is 76.7 Å². The van der Waals surface area contributed by atoms with Crippen molar-refractivity contribution in [3.63, 3.8) is 0 Å². The van der Waals surface area contributed by atoms with Crippen molar-refractivity contribution < 1.29 is 23.3 Å². The third kappa shape index (κ3) is 8.55. The Kier molecular flexibility index (Phi) is 11.3. The summed E-state index contributed by atoms with van der Waals surface area (Å²) in [6.45, 7) is 5.16. The summed E-state index contributed by atoms with van der Waals surface area (Å²) >= 11 is 1.92. The highest BCUT2D eigenvalue weighted by Gasteiger charge is 2.48. The molecule has 7 heteroatoms. The molecule has 7 rings (SSSR count). The van der Waals surface area contributed by atoms with Crippen LogP contribution in [0.4, 0.5) is 4.39 Å². The van der Waals surface area contributed by atoms with E-state index in [0.717, 1.165) is 48.2 Å². The first-order chi connectivity index (χ1) is 24.1. The molecule has 254 valence electrons. The number of thiophene rings is 1. The van der Waals surface area contributed by atoms with Crippen molar-refractivity contribution in [3.05, 3.63) is 164 Å². The normalized spacial score (nSPS) is 22.1. The lowest BCUT2D eigenvalue weighted by molar-refractivity contribution is -0.248. The third-order valence-electron chi connectivity index (χ3n) is 9.44. The van der Waals surface area contributed by atoms with Gasteiger partial charge in [0.2, 0.25) is 0 Å². The van der Waals surface area contributed by atoms with Crippen LogP contribution in [0.15, 0.2) is 115 Å². The van der Waals surface area contributed by atoms with E-state index in [-0.39, 0.29) is 13.2 Å². The van der Waals surface area contributed by atoms with E-state index in [1.165, 1.54) is 26.4 Å². The molecule has 3 heterocycles. The molecule has 1 aromatic heterocycles. The van der Waals surface area contributed by atoms with Crippen LogP contribution in [-0.2, 0) is 58.2 Å². The average Bonchev–Trinajstić information content (AvgIpc) is 3.56. The molecule has 0 radical (unpaired) electrons. The predicted molar refractivity (Wildman–Crippen MR) is 192 cm³/mol. The molecular formula is C42H44FNO4S. The number of alkyl halides is 1. The van der Waals surface area contributed by atoms with Crippen LogP contribution in [0.5, 0.6) is 0 Å². The van der Waals surface area contributed by atoms with E-state index < -0.39 is 30.6 Å². The van der Waals surface area contributed by atoms with Gasteiger partial charge in [-0.05, 0) is 58.4 Å². The topological polar surface area (TPSA) is 49.0 Å². The highest BCUT2D eigenvalue weighted by molar-refractivity contribution is 7.12. The molecule has 1 N–H and O–H groups in total. The maximum Gasteiger partial charge on any atom is 0.157 e. The van der Waals surface area contributed by atoms with Gasteiger partial charge in [-0.2, -0.15) is 0 Å². The van der Waals surface area contributed by atoms with E-state index in [2.05, 4.69) is 36.5 Å². The Bertz CT molecular complexity index is 1740.